The monoisotopic (exact) mass is 616 g/mol. The van der Waals surface area contributed by atoms with Crippen LogP contribution in [-0.2, 0) is 22.6 Å². The Labute approximate surface area is 267 Å². The van der Waals surface area contributed by atoms with E-state index in [2.05, 4.69) is 41.2 Å². The largest absolute Gasteiger partial charge is 0.488 e. The lowest BCUT2D eigenvalue weighted by Crippen LogP contribution is -2.47. The van der Waals surface area contributed by atoms with Crippen LogP contribution in [0.4, 0.5) is 5.69 Å². The number of amides is 2. The highest BCUT2D eigenvalue weighted by molar-refractivity contribution is 5.91. The van der Waals surface area contributed by atoms with Crippen LogP contribution in [-0.4, -0.2) is 91.2 Å². The average molecular weight is 617 g/mol. The highest BCUT2D eigenvalue weighted by Crippen LogP contribution is 2.30. The number of nitrogens with one attached hydrogen (secondary N) is 1. The van der Waals surface area contributed by atoms with Gasteiger partial charge in [0.15, 0.2) is 0 Å². The smallest absolute Gasteiger partial charge is 0.227 e. The van der Waals surface area contributed by atoms with Gasteiger partial charge in [0, 0.05) is 43.2 Å². The van der Waals surface area contributed by atoms with Crippen LogP contribution in [0.2, 0.25) is 0 Å². The van der Waals surface area contributed by atoms with E-state index in [-0.39, 0.29) is 42.9 Å². The zero-order chi connectivity index (χ0) is 32.3. The van der Waals surface area contributed by atoms with E-state index in [1.807, 2.05) is 81.7 Å². The standard InChI is InChI=1S/C36H48N4O5/c1-26-22-40(27(2)25-41)36(43)21-29-20-30(37-35(42)12-9-19-38(3)4)15-18-33(29)45-34(26)24-39(5)23-28-13-16-32(17-14-28)44-31-10-7-6-8-11-31/h6-8,10-11,13-18,20,26-27,34,41H,9,12,19,21-25H2,1-5H3,(H,37,42)/t26-,27-,34-/m1/s1. The minimum atomic E-state index is -0.323. The second kappa shape index (κ2) is 16.4. The molecule has 2 N–H and O–H groups in total. The Hall–Kier alpha value is -3.92. The van der Waals surface area contributed by atoms with E-state index in [9.17, 15) is 14.7 Å². The maximum Gasteiger partial charge on any atom is 0.227 e. The third kappa shape index (κ3) is 10.3. The number of anilines is 1. The first-order valence-corrected chi connectivity index (χ1v) is 15.8. The quantitative estimate of drug-likeness (QED) is 0.278. The van der Waals surface area contributed by atoms with Crippen LogP contribution in [0.5, 0.6) is 17.2 Å². The SMILES string of the molecule is C[C@@H]1CN([C@H](C)CO)C(=O)Cc2cc(NC(=O)CCCN(C)C)ccc2O[C@@H]1CN(C)Cc1ccc(Oc2ccccc2)cc1. The highest BCUT2D eigenvalue weighted by Gasteiger charge is 2.31. The number of aliphatic hydroxyl groups excluding tert-OH is 1. The first-order valence-electron chi connectivity index (χ1n) is 15.8. The third-order valence-corrected chi connectivity index (χ3v) is 8.06. The van der Waals surface area contributed by atoms with Crippen LogP contribution in [0.15, 0.2) is 72.8 Å². The molecule has 1 aliphatic heterocycles. The Kier molecular flexibility index (Phi) is 12.4. The highest BCUT2D eigenvalue weighted by atomic mass is 16.5. The van der Waals surface area contributed by atoms with Crippen LogP contribution >= 0.6 is 0 Å². The summed E-state index contributed by atoms with van der Waals surface area (Å²) in [4.78, 5) is 32.1. The molecule has 0 aliphatic carbocycles. The van der Waals surface area contributed by atoms with E-state index < -0.39 is 0 Å². The van der Waals surface area contributed by atoms with Gasteiger partial charge in [-0.25, -0.2) is 0 Å². The molecule has 3 aromatic rings. The van der Waals surface area contributed by atoms with E-state index in [1.54, 1.807) is 4.90 Å². The van der Waals surface area contributed by atoms with Crippen molar-refractivity contribution < 1.29 is 24.2 Å². The van der Waals surface area contributed by atoms with Crippen LogP contribution < -0.4 is 14.8 Å². The fourth-order valence-corrected chi connectivity index (χ4v) is 5.48. The maximum absolute atomic E-state index is 13.5. The van der Waals surface area contributed by atoms with Gasteiger partial charge >= 0.3 is 0 Å². The predicted molar refractivity (Wildman–Crippen MR) is 178 cm³/mol. The van der Waals surface area contributed by atoms with Crippen molar-refractivity contribution >= 4 is 17.5 Å². The topological polar surface area (TPSA) is 94.6 Å². The van der Waals surface area contributed by atoms with Gasteiger partial charge in [-0.05, 0) is 89.1 Å². The molecule has 2 amide bonds. The lowest BCUT2D eigenvalue weighted by atomic mass is 10.0. The average Bonchev–Trinajstić information content (AvgIpc) is 3.05. The number of ether oxygens (including phenoxy) is 2. The number of likely N-dealkylation sites (N-methyl/N-ethyl adjacent to an activating group) is 1. The van der Waals surface area contributed by atoms with Gasteiger partial charge in [0.25, 0.3) is 0 Å². The number of aliphatic hydroxyl groups is 1. The Bertz CT molecular complexity index is 1380. The first-order chi connectivity index (χ1) is 21.6. The van der Waals surface area contributed by atoms with E-state index >= 15 is 0 Å². The molecule has 0 aromatic heterocycles. The van der Waals surface area contributed by atoms with Crippen LogP contribution in [0, 0.1) is 5.92 Å². The normalized spacial score (nSPS) is 17.6. The molecule has 0 radical (unpaired) electrons. The van der Waals surface area contributed by atoms with Gasteiger partial charge in [0.1, 0.15) is 23.4 Å². The van der Waals surface area contributed by atoms with Crippen molar-refractivity contribution in [3.8, 4) is 17.2 Å². The van der Waals surface area contributed by atoms with Crippen molar-refractivity contribution in [3.05, 3.63) is 83.9 Å². The van der Waals surface area contributed by atoms with Gasteiger partial charge in [0.2, 0.25) is 11.8 Å². The molecule has 0 fully saturated rings. The number of carbonyl (C=O) groups is 2. The van der Waals surface area contributed by atoms with Crippen molar-refractivity contribution in [3.63, 3.8) is 0 Å². The van der Waals surface area contributed by atoms with E-state index in [0.717, 1.165) is 35.6 Å². The summed E-state index contributed by atoms with van der Waals surface area (Å²) >= 11 is 0. The maximum atomic E-state index is 13.5. The summed E-state index contributed by atoms with van der Waals surface area (Å²) in [6.45, 7) is 6.47. The van der Waals surface area contributed by atoms with Crippen molar-refractivity contribution in [2.75, 3.05) is 52.7 Å². The molecule has 0 unspecified atom stereocenters. The van der Waals surface area contributed by atoms with Crippen molar-refractivity contribution in [2.45, 2.75) is 51.8 Å². The Balaban J connectivity index is 1.48. The molecule has 4 rings (SSSR count). The molecule has 0 saturated heterocycles. The molecule has 9 nitrogen and oxygen atoms in total. The number of fused-ring (bicyclic) bond motifs is 1. The molecular formula is C36H48N4O5. The summed E-state index contributed by atoms with van der Waals surface area (Å²) < 4.78 is 12.6. The second-order valence-corrected chi connectivity index (χ2v) is 12.4. The van der Waals surface area contributed by atoms with Crippen LogP contribution in [0.1, 0.15) is 37.8 Å². The summed E-state index contributed by atoms with van der Waals surface area (Å²) in [7, 11) is 6.03. The zero-order valence-corrected chi connectivity index (χ0v) is 27.2. The van der Waals surface area contributed by atoms with Crippen LogP contribution in [0.25, 0.3) is 0 Å². The van der Waals surface area contributed by atoms with Crippen molar-refractivity contribution in [1.29, 1.82) is 0 Å². The predicted octanol–water partition coefficient (Wildman–Crippen LogP) is 5.04. The minimum Gasteiger partial charge on any atom is -0.488 e. The summed E-state index contributed by atoms with van der Waals surface area (Å²) in [5.41, 5.74) is 2.50. The number of hydrogen-bond donors (Lipinski definition) is 2. The van der Waals surface area contributed by atoms with E-state index in [4.69, 9.17) is 9.47 Å². The molecule has 0 bridgehead atoms. The van der Waals surface area contributed by atoms with Gasteiger partial charge in [0.05, 0.1) is 19.1 Å². The van der Waals surface area contributed by atoms with Gasteiger partial charge in [-0.1, -0.05) is 37.3 Å². The lowest BCUT2D eigenvalue weighted by molar-refractivity contribution is -0.134. The molecule has 1 aliphatic rings. The summed E-state index contributed by atoms with van der Waals surface area (Å²) in [6.07, 6.45) is 1.08. The number of nitrogens with zero attached hydrogens (tertiary/aromatic N) is 3. The summed E-state index contributed by atoms with van der Waals surface area (Å²) in [5, 5.41) is 12.9. The molecular weight excluding hydrogens is 568 g/mol. The minimum absolute atomic E-state index is 0.00549. The fourth-order valence-electron chi connectivity index (χ4n) is 5.48. The number of para-hydroxylation sites is 1. The van der Waals surface area contributed by atoms with Crippen molar-refractivity contribution in [2.24, 2.45) is 5.92 Å². The number of rotatable bonds is 13. The van der Waals surface area contributed by atoms with Crippen molar-refractivity contribution in [1.82, 2.24) is 14.7 Å². The van der Waals surface area contributed by atoms with Gasteiger partial charge in [-0.3, -0.25) is 14.5 Å². The molecule has 3 aromatic carbocycles. The molecule has 45 heavy (non-hydrogen) atoms. The van der Waals surface area contributed by atoms with Gasteiger partial charge in [-0.2, -0.15) is 0 Å². The third-order valence-electron chi connectivity index (χ3n) is 8.06. The molecule has 9 heteroatoms. The van der Waals surface area contributed by atoms with Gasteiger partial charge < -0.3 is 29.7 Å². The lowest BCUT2D eigenvalue weighted by Gasteiger charge is -2.34. The van der Waals surface area contributed by atoms with E-state index in [1.165, 1.54) is 0 Å². The molecule has 0 spiro atoms. The Morgan fingerprint density at radius 2 is 1.78 bits per heavy atom. The van der Waals surface area contributed by atoms with E-state index in [0.29, 0.717) is 37.5 Å². The Morgan fingerprint density at radius 1 is 1.07 bits per heavy atom. The molecule has 1 heterocycles. The molecule has 3 atom stereocenters. The number of carbonyl (C=O) groups excluding carboxylic acids is 2. The zero-order valence-electron chi connectivity index (χ0n) is 27.2. The number of hydrogen-bond acceptors (Lipinski definition) is 7. The first kappa shape index (κ1) is 34.0. The fraction of sp³-hybridized carbons (Fsp3) is 0.444. The van der Waals surface area contributed by atoms with Crippen LogP contribution in [0.3, 0.4) is 0 Å². The number of benzene rings is 3. The molecule has 0 saturated carbocycles. The molecule has 242 valence electrons. The summed E-state index contributed by atoms with van der Waals surface area (Å²) in [6, 6.07) is 23.0. The second-order valence-electron chi connectivity index (χ2n) is 12.4. The van der Waals surface area contributed by atoms with Gasteiger partial charge in [-0.15, -0.1) is 0 Å². The summed E-state index contributed by atoms with van der Waals surface area (Å²) in [5.74, 6) is 2.08. The Morgan fingerprint density at radius 3 is 2.47 bits per heavy atom.